The maximum atomic E-state index is 12.7. The van der Waals surface area contributed by atoms with Gasteiger partial charge in [0.1, 0.15) is 13.2 Å². The van der Waals surface area contributed by atoms with Crippen molar-refractivity contribution in [1.29, 1.82) is 0 Å². The summed E-state index contributed by atoms with van der Waals surface area (Å²) in [6, 6.07) is 45.6. The number of esters is 4. The Balaban J connectivity index is 1.21. The predicted octanol–water partition coefficient (Wildman–Crippen LogP) is 11.9. The van der Waals surface area contributed by atoms with E-state index in [9.17, 15) is 19.2 Å². The van der Waals surface area contributed by atoms with Gasteiger partial charge in [-0.1, -0.05) is 84.9 Å². The van der Waals surface area contributed by atoms with Crippen molar-refractivity contribution in [3.05, 3.63) is 191 Å². The normalized spacial score (nSPS) is 10.7. The van der Waals surface area contributed by atoms with E-state index in [1.807, 2.05) is 38.1 Å². The first-order valence-electron chi connectivity index (χ1n) is 21.9. The molecule has 0 saturated heterocycles. The Morgan fingerprint density at radius 3 is 1.03 bits per heavy atom. The molecule has 10 heteroatoms. The van der Waals surface area contributed by atoms with Gasteiger partial charge in [-0.2, -0.15) is 0 Å². The summed E-state index contributed by atoms with van der Waals surface area (Å²) in [4.78, 5) is 53.6. The Kier molecular flexibility index (Phi) is 16.1. The van der Waals surface area contributed by atoms with Crippen molar-refractivity contribution in [2.75, 3.05) is 36.2 Å². The molecule has 0 unspecified atom stereocenters. The molecule has 0 N–H and O–H groups in total. The Labute approximate surface area is 387 Å². The molecular weight excluding hydrogens is 829 g/mol. The van der Waals surface area contributed by atoms with E-state index in [1.165, 1.54) is 0 Å². The molecule has 0 bridgehead atoms. The SMILES string of the molecule is C=C(COC(=O)Cc1ccc(N(c2ccc(C)cc2)c2ccc(-c3ccc(N(c4ccc(C)cc4)c4ccc(CC(=O)OCC(=C)C(=O)OCC)c(C)c4)cc3)cc2)cc1C)C(=O)OCC. The molecular formula is C56H56N2O8. The van der Waals surface area contributed by atoms with Gasteiger partial charge in [0.25, 0.3) is 0 Å². The van der Waals surface area contributed by atoms with Gasteiger partial charge in [-0.05, 0) is 148 Å². The Morgan fingerprint density at radius 2 is 0.727 bits per heavy atom. The molecule has 0 aliphatic carbocycles. The quantitative estimate of drug-likeness (QED) is 0.0443. The van der Waals surface area contributed by atoms with Crippen LogP contribution in [0, 0.1) is 27.7 Å². The first-order chi connectivity index (χ1) is 31.7. The van der Waals surface area contributed by atoms with E-state index < -0.39 is 23.9 Å². The van der Waals surface area contributed by atoms with Crippen LogP contribution in [-0.4, -0.2) is 50.3 Å². The second-order valence-corrected chi connectivity index (χ2v) is 16.0. The minimum Gasteiger partial charge on any atom is -0.463 e. The third kappa shape index (κ3) is 12.3. The molecule has 6 aromatic rings. The van der Waals surface area contributed by atoms with Crippen molar-refractivity contribution in [2.24, 2.45) is 0 Å². The number of aryl methyl sites for hydroxylation is 4. The molecule has 0 amide bonds. The van der Waals surface area contributed by atoms with Gasteiger partial charge in [0.2, 0.25) is 0 Å². The summed E-state index contributed by atoms with van der Waals surface area (Å²) in [7, 11) is 0. The van der Waals surface area contributed by atoms with Gasteiger partial charge in [-0.25, -0.2) is 9.59 Å². The van der Waals surface area contributed by atoms with E-state index in [-0.39, 0.29) is 50.4 Å². The molecule has 0 atom stereocenters. The second-order valence-electron chi connectivity index (χ2n) is 16.0. The standard InChI is InChI=1S/C56H56N2O8/c1-9-63-55(61)41(7)35-65-53(59)33-45-19-29-51(31-39(45)5)57(47-21-11-37(3)12-22-47)49-25-15-43(16-26-49)44-17-27-50(28-18-44)58(48-23-13-38(4)14-24-48)52-30-20-46(40(6)32-52)34-54(60)66-36-42(8)56(62)64-10-2/h11-32H,7-10,33-36H2,1-6H3. The number of ether oxygens (including phenoxy) is 4. The third-order valence-corrected chi connectivity index (χ3v) is 10.9. The van der Waals surface area contributed by atoms with Gasteiger partial charge in [-0.3, -0.25) is 9.59 Å². The van der Waals surface area contributed by atoms with E-state index >= 15 is 0 Å². The summed E-state index contributed by atoms with van der Waals surface area (Å²) in [6.07, 6.45) is 0.0955. The van der Waals surface area contributed by atoms with Crippen LogP contribution in [0.2, 0.25) is 0 Å². The second kappa shape index (κ2) is 22.3. The molecule has 0 aromatic heterocycles. The van der Waals surface area contributed by atoms with Crippen LogP contribution in [0.4, 0.5) is 34.1 Å². The smallest absolute Gasteiger partial charge is 0.336 e. The molecule has 6 rings (SSSR count). The van der Waals surface area contributed by atoms with Crippen molar-refractivity contribution in [2.45, 2.75) is 54.4 Å². The van der Waals surface area contributed by atoms with Crippen LogP contribution in [0.5, 0.6) is 0 Å². The average molecular weight is 885 g/mol. The highest BCUT2D eigenvalue weighted by atomic mass is 16.6. The molecule has 6 aromatic carbocycles. The van der Waals surface area contributed by atoms with Crippen molar-refractivity contribution in [1.82, 2.24) is 0 Å². The number of benzene rings is 6. The number of anilines is 6. The number of carbonyl (C=O) groups is 4. The Morgan fingerprint density at radius 1 is 0.424 bits per heavy atom. The van der Waals surface area contributed by atoms with E-state index in [4.69, 9.17) is 18.9 Å². The maximum Gasteiger partial charge on any atom is 0.336 e. The molecule has 0 spiro atoms. The van der Waals surface area contributed by atoms with Crippen LogP contribution >= 0.6 is 0 Å². The van der Waals surface area contributed by atoms with Gasteiger partial charge in [0.05, 0.1) is 37.2 Å². The van der Waals surface area contributed by atoms with E-state index in [0.717, 1.165) is 78.6 Å². The predicted molar refractivity (Wildman–Crippen MR) is 261 cm³/mol. The molecule has 0 aliphatic rings. The monoisotopic (exact) mass is 884 g/mol. The lowest BCUT2D eigenvalue weighted by molar-refractivity contribution is -0.145. The van der Waals surface area contributed by atoms with E-state index in [0.29, 0.717) is 0 Å². The zero-order chi connectivity index (χ0) is 47.3. The number of carbonyl (C=O) groups excluding carboxylic acids is 4. The van der Waals surface area contributed by atoms with Gasteiger partial charge in [0.15, 0.2) is 0 Å². The highest BCUT2D eigenvalue weighted by Gasteiger charge is 2.19. The Bertz CT molecular complexity index is 2520. The maximum absolute atomic E-state index is 12.7. The summed E-state index contributed by atoms with van der Waals surface area (Å²) in [6.45, 7) is 18.8. The van der Waals surface area contributed by atoms with Crippen LogP contribution in [0.25, 0.3) is 11.1 Å². The third-order valence-electron chi connectivity index (χ3n) is 10.9. The zero-order valence-corrected chi connectivity index (χ0v) is 38.5. The number of hydrogen-bond donors (Lipinski definition) is 0. The highest BCUT2D eigenvalue weighted by molar-refractivity contribution is 5.89. The van der Waals surface area contributed by atoms with Crippen molar-refractivity contribution in [3.8, 4) is 11.1 Å². The minimum atomic E-state index is -0.581. The van der Waals surface area contributed by atoms with Gasteiger partial charge in [-0.15, -0.1) is 0 Å². The zero-order valence-electron chi connectivity index (χ0n) is 38.5. The summed E-state index contributed by atoms with van der Waals surface area (Å²) in [5.74, 6) is -2.08. The first kappa shape index (κ1) is 47.8. The van der Waals surface area contributed by atoms with Crippen LogP contribution in [-0.2, 0) is 51.0 Å². The van der Waals surface area contributed by atoms with Gasteiger partial charge >= 0.3 is 23.9 Å². The average Bonchev–Trinajstić information content (AvgIpc) is 3.31. The fourth-order valence-corrected chi connectivity index (χ4v) is 7.26. The molecule has 0 fully saturated rings. The first-order valence-corrected chi connectivity index (χ1v) is 21.9. The lowest BCUT2D eigenvalue weighted by atomic mass is 10.0. The van der Waals surface area contributed by atoms with E-state index in [1.54, 1.807) is 13.8 Å². The molecule has 0 radical (unpaired) electrons. The molecule has 0 heterocycles. The van der Waals surface area contributed by atoms with Crippen molar-refractivity contribution < 1.29 is 38.1 Å². The highest BCUT2D eigenvalue weighted by Crippen LogP contribution is 2.39. The number of rotatable bonds is 19. The molecule has 338 valence electrons. The van der Waals surface area contributed by atoms with Crippen molar-refractivity contribution >= 4 is 58.0 Å². The summed E-state index contributed by atoms with van der Waals surface area (Å²) < 4.78 is 20.5. The number of nitrogens with zero attached hydrogens (tertiary/aromatic N) is 2. The lowest BCUT2D eigenvalue weighted by Gasteiger charge is -2.27. The van der Waals surface area contributed by atoms with Crippen LogP contribution in [0.3, 0.4) is 0 Å². The molecule has 0 aliphatic heterocycles. The van der Waals surface area contributed by atoms with E-state index in [2.05, 4.69) is 146 Å². The fourth-order valence-electron chi connectivity index (χ4n) is 7.26. The van der Waals surface area contributed by atoms with Gasteiger partial charge in [0, 0.05) is 34.1 Å². The van der Waals surface area contributed by atoms with Crippen LogP contribution in [0.15, 0.2) is 158 Å². The van der Waals surface area contributed by atoms with Crippen LogP contribution < -0.4 is 9.80 Å². The minimum absolute atomic E-state index is 0.0477. The fraction of sp³-hybridized carbons (Fsp3) is 0.214. The van der Waals surface area contributed by atoms with Gasteiger partial charge < -0.3 is 28.7 Å². The lowest BCUT2D eigenvalue weighted by Crippen LogP contribution is -2.16. The van der Waals surface area contributed by atoms with Crippen LogP contribution in [0.1, 0.15) is 47.2 Å². The molecule has 0 saturated carbocycles. The largest absolute Gasteiger partial charge is 0.463 e. The number of hydrogen-bond acceptors (Lipinski definition) is 10. The summed E-state index contributed by atoms with van der Waals surface area (Å²) in [5, 5.41) is 0. The molecule has 10 nitrogen and oxygen atoms in total. The molecule has 66 heavy (non-hydrogen) atoms. The summed E-state index contributed by atoms with van der Waals surface area (Å²) >= 11 is 0. The summed E-state index contributed by atoms with van der Waals surface area (Å²) in [5.41, 5.74) is 13.8. The topological polar surface area (TPSA) is 112 Å². The Hall–Kier alpha value is -7.72. The van der Waals surface area contributed by atoms with Crippen molar-refractivity contribution in [3.63, 3.8) is 0 Å².